The van der Waals surface area contributed by atoms with Crippen LogP contribution in [0, 0.1) is 0 Å². The molecule has 0 aliphatic rings. The van der Waals surface area contributed by atoms with E-state index in [-0.39, 0.29) is 0 Å². The van der Waals surface area contributed by atoms with Gasteiger partial charge in [0.2, 0.25) is 0 Å². The van der Waals surface area contributed by atoms with Gasteiger partial charge in [-0.1, -0.05) is 28.1 Å². The lowest BCUT2D eigenvalue weighted by atomic mass is 10.2. The van der Waals surface area contributed by atoms with Crippen LogP contribution in [0.1, 0.15) is 0 Å². The summed E-state index contributed by atoms with van der Waals surface area (Å²) in [6.45, 7) is 0. The van der Waals surface area contributed by atoms with E-state index in [1.54, 1.807) is 6.26 Å². The van der Waals surface area contributed by atoms with Crippen LogP contribution in [0.25, 0.3) is 11.3 Å². The van der Waals surface area contributed by atoms with Crippen molar-refractivity contribution in [3.63, 3.8) is 0 Å². The zero-order valence-corrected chi connectivity index (χ0v) is 9.80. The van der Waals surface area contributed by atoms with Crippen LogP contribution in [0.4, 0.5) is 0 Å². The van der Waals surface area contributed by atoms with E-state index in [0.29, 0.717) is 0 Å². The predicted molar refractivity (Wildman–Crippen MR) is 59.5 cm³/mol. The van der Waals surface area contributed by atoms with Gasteiger partial charge in [-0.15, -0.1) is 0 Å². The highest BCUT2D eigenvalue weighted by atomic mass is 79.9. The first-order chi connectivity index (χ1) is 6.27. The zero-order chi connectivity index (χ0) is 9.26. The van der Waals surface area contributed by atoms with E-state index in [9.17, 15) is 0 Å². The average Bonchev–Trinajstić information content (AvgIpc) is 2.53. The third kappa shape index (κ3) is 1.86. The molecule has 0 aliphatic heterocycles. The average molecular weight is 302 g/mol. The molecule has 0 unspecified atom stereocenters. The molecule has 66 valence electrons. The smallest absolute Gasteiger partial charge is 0.148 e. The molecule has 1 nitrogen and oxygen atoms in total. The second-order valence-electron chi connectivity index (χ2n) is 2.60. The van der Waals surface area contributed by atoms with Crippen LogP contribution >= 0.6 is 31.9 Å². The van der Waals surface area contributed by atoms with Gasteiger partial charge in [0.05, 0.1) is 10.7 Å². The molecule has 13 heavy (non-hydrogen) atoms. The van der Waals surface area contributed by atoms with Crippen molar-refractivity contribution in [1.82, 2.24) is 0 Å². The Labute approximate surface area is 93.0 Å². The molecule has 0 fully saturated rings. The lowest BCUT2D eigenvalue weighted by Gasteiger charge is -1.97. The lowest BCUT2D eigenvalue weighted by Crippen LogP contribution is -1.73. The first-order valence-corrected chi connectivity index (χ1v) is 5.35. The Bertz CT molecular complexity index is 403. The first kappa shape index (κ1) is 9.03. The molecule has 2 aromatic rings. The highest BCUT2D eigenvalue weighted by Gasteiger charge is 2.05. The van der Waals surface area contributed by atoms with Gasteiger partial charge in [0.1, 0.15) is 5.76 Å². The molecule has 0 radical (unpaired) electrons. The Hall–Kier alpha value is -0.540. The number of rotatable bonds is 1. The third-order valence-electron chi connectivity index (χ3n) is 1.72. The van der Waals surface area contributed by atoms with E-state index in [1.807, 2.05) is 30.3 Å². The van der Waals surface area contributed by atoms with Crippen molar-refractivity contribution in [2.75, 3.05) is 0 Å². The summed E-state index contributed by atoms with van der Waals surface area (Å²) in [6.07, 6.45) is 1.67. The van der Waals surface area contributed by atoms with Crippen LogP contribution in [0.2, 0.25) is 0 Å². The van der Waals surface area contributed by atoms with Crippen molar-refractivity contribution in [2.24, 2.45) is 0 Å². The molecule has 0 aliphatic carbocycles. The number of hydrogen-bond acceptors (Lipinski definition) is 1. The summed E-state index contributed by atoms with van der Waals surface area (Å²) in [5, 5.41) is 0. The van der Waals surface area contributed by atoms with Crippen LogP contribution in [-0.4, -0.2) is 0 Å². The van der Waals surface area contributed by atoms with Gasteiger partial charge in [0.15, 0.2) is 0 Å². The van der Waals surface area contributed by atoms with Gasteiger partial charge in [-0.05, 0) is 34.1 Å². The largest absolute Gasteiger partial charge is 0.463 e. The molecule has 0 N–H and O–H groups in total. The lowest BCUT2D eigenvalue weighted by molar-refractivity contribution is 0.581. The van der Waals surface area contributed by atoms with E-state index in [0.717, 1.165) is 20.3 Å². The fourth-order valence-electron chi connectivity index (χ4n) is 1.10. The van der Waals surface area contributed by atoms with E-state index in [4.69, 9.17) is 4.42 Å². The van der Waals surface area contributed by atoms with E-state index in [1.165, 1.54) is 0 Å². The quantitative estimate of drug-likeness (QED) is 0.757. The number of hydrogen-bond donors (Lipinski definition) is 0. The van der Waals surface area contributed by atoms with Crippen molar-refractivity contribution in [1.29, 1.82) is 0 Å². The number of furan rings is 1. The van der Waals surface area contributed by atoms with Crippen LogP contribution in [0.15, 0.2) is 50.0 Å². The normalized spacial score (nSPS) is 10.3. The third-order valence-corrected chi connectivity index (χ3v) is 2.88. The predicted octanol–water partition coefficient (Wildman–Crippen LogP) is 4.47. The SMILES string of the molecule is Brc1ccc(-c2occc2Br)cc1. The van der Waals surface area contributed by atoms with E-state index in [2.05, 4.69) is 31.9 Å². The van der Waals surface area contributed by atoms with Crippen LogP contribution in [0.3, 0.4) is 0 Å². The van der Waals surface area contributed by atoms with Crippen molar-refractivity contribution in [3.8, 4) is 11.3 Å². The fraction of sp³-hybridized carbons (Fsp3) is 0. The Morgan fingerprint density at radius 3 is 2.15 bits per heavy atom. The second-order valence-corrected chi connectivity index (χ2v) is 4.37. The van der Waals surface area contributed by atoms with Crippen molar-refractivity contribution >= 4 is 31.9 Å². The van der Waals surface area contributed by atoms with E-state index >= 15 is 0 Å². The molecule has 1 aromatic carbocycles. The van der Waals surface area contributed by atoms with Gasteiger partial charge >= 0.3 is 0 Å². The monoisotopic (exact) mass is 300 g/mol. The summed E-state index contributed by atoms with van der Waals surface area (Å²) in [5.74, 6) is 0.868. The summed E-state index contributed by atoms with van der Waals surface area (Å²) in [6, 6.07) is 9.88. The molecular formula is C10H6Br2O. The molecule has 1 heterocycles. The molecule has 0 bridgehead atoms. The summed E-state index contributed by atoms with van der Waals surface area (Å²) in [5.41, 5.74) is 1.07. The van der Waals surface area contributed by atoms with Crippen LogP contribution in [-0.2, 0) is 0 Å². The van der Waals surface area contributed by atoms with Crippen LogP contribution in [0.5, 0.6) is 0 Å². The second kappa shape index (κ2) is 3.68. The number of halogens is 2. The Morgan fingerprint density at radius 1 is 0.923 bits per heavy atom. The number of benzene rings is 1. The van der Waals surface area contributed by atoms with Gasteiger partial charge in [-0.3, -0.25) is 0 Å². The maximum absolute atomic E-state index is 5.33. The van der Waals surface area contributed by atoms with Gasteiger partial charge in [-0.25, -0.2) is 0 Å². The van der Waals surface area contributed by atoms with Gasteiger partial charge in [0.25, 0.3) is 0 Å². The molecule has 0 spiro atoms. The van der Waals surface area contributed by atoms with Gasteiger partial charge < -0.3 is 4.42 Å². The van der Waals surface area contributed by atoms with Crippen molar-refractivity contribution in [3.05, 3.63) is 45.5 Å². The summed E-state index contributed by atoms with van der Waals surface area (Å²) in [7, 11) is 0. The molecule has 2 rings (SSSR count). The van der Waals surface area contributed by atoms with E-state index < -0.39 is 0 Å². The standard InChI is InChI=1S/C10H6Br2O/c11-8-3-1-7(2-4-8)10-9(12)5-6-13-10/h1-6H. The minimum Gasteiger partial charge on any atom is -0.463 e. The first-order valence-electron chi connectivity index (χ1n) is 3.76. The molecular weight excluding hydrogens is 296 g/mol. The van der Waals surface area contributed by atoms with Crippen LogP contribution < -0.4 is 0 Å². The maximum Gasteiger partial charge on any atom is 0.148 e. The highest BCUT2D eigenvalue weighted by Crippen LogP contribution is 2.29. The summed E-state index contributed by atoms with van der Waals surface area (Å²) >= 11 is 6.80. The molecule has 1 aromatic heterocycles. The van der Waals surface area contributed by atoms with Crippen molar-refractivity contribution in [2.45, 2.75) is 0 Å². The Kier molecular flexibility index (Phi) is 2.56. The van der Waals surface area contributed by atoms with Gasteiger partial charge in [-0.2, -0.15) is 0 Å². The minimum absolute atomic E-state index is 0.868. The molecule has 3 heteroatoms. The van der Waals surface area contributed by atoms with Gasteiger partial charge in [0, 0.05) is 10.0 Å². The molecule has 0 saturated heterocycles. The molecule has 0 amide bonds. The Morgan fingerprint density at radius 2 is 1.62 bits per heavy atom. The summed E-state index contributed by atoms with van der Waals surface area (Å²) in [4.78, 5) is 0. The van der Waals surface area contributed by atoms with Crippen molar-refractivity contribution < 1.29 is 4.42 Å². The fourth-order valence-corrected chi connectivity index (χ4v) is 1.80. The topological polar surface area (TPSA) is 13.1 Å². The molecule has 0 atom stereocenters. The maximum atomic E-state index is 5.33. The Balaban J connectivity index is 2.47. The minimum atomic E-state index is 0.868. The highest BCUT2D eigenvalue weighted by molar-refractivity contribution is 9.10. The summed E-state index contributed by atoms with van der Waals surface area (Å²) < 4.78 is 7.38. The zero-order valence-electron chi connectivity index (χ0n) is 6.63. The molecule has 0 saturated carbocycles.